The minimum absolute atomic E-state index is 0. The summed E-state index contributed by atoms with van der Waals surface area (Å²) in [5.41, 5.74) is 5.53. The van der Waals surface area contributed by atoms with Crippen molar-refractivity contribution in [2.75, 3.05) is 6.67 Å². The van der Waals surface area contributed by atoms with Crippen LogP contribution in [0.3, 0.4) is 0 Å². The maximum Gasteiger partial charge on any atom is 0.141 e. The Morgan fingerprint density at radius 3 is 2.57 bits per heavy atom. The monoisotopic (exact) mass is 287 g/mol. The summed E-state index contributed by atoms with van der Waals surface area (Å²) in [5.74, 6) is -0.947. The van der Waals surface area contributed by atoms with Crippen LogP contribution >= 0.6 is 28.3 Å². The normalized spacial score (nSPS) is 12.0. The van der Waals surface area contributed by atoms with Gasteiger partial charge >= 0.3 is 0 Å². The maximum absolute atomic E-state index is 12.8. The van der Waals surface area contributed by atoms with Crippen LogP contribution in [0.4, 0.5) is 8.78 Å². The molecule has 0 fully saturated rings. The molecular formula is C8H9BrClF2NO. The Morgan fingerprint density at radius 2 is 2.07 bits per heavy atom. The number of phenols is 1. The largest absolute Gasteiger partial charge is 0.506 e. The second-order valence-corrected chi connectivity index (χ2v) is 3.35. The number of hydrogen-bond acceptors (Lipinski definition) is 2. The first-order valence-electron chi connectivity index (χ1n) is 3.56. The van der Waals surface area contributed by atoms with E-state index in [4.69, 9.17) is 5.73 Å². The van der Waals surface area contributed by atoms with Gasteiger partial charge in [0.15, 0.2) is 0 Å². The molecule has 2 nitrogen and oxygen atoms in total. The van der Waals surface area contributed by atoms with Crippen molar-refractivity contribution in [3.8, 4) is 5.75 Å². The summed E-state index contributed by atoms with van der Waals surface area (Å²) in [4.78, 5) is 0. The van der Waals surface area contributed by atoms with Crippen LogP contribution in [0, 0.1) is 5.82 Å². The Balaban J connectivity index is 0.00000169. The molecule has 0 bridgehead atoms. The van der Waals surface area contributed by atoms with E-state index in [0.29, 0.717) is 0 Å². The van der Waals surface area contributed by atoms with Crippen molar-refractivity contribution in [2.45, 2.75) is 6.04 Å². The van der Waals surface area contributed by atoms with E-state index in [1.165, 1.54) is 6.07 Å². The van der Waals surface area contributed by atoms with Crippen LogP contribution in [0.1, 0.15) is 11.6 Å². The summed E-state index contributed by atoms with van der Waals surface area (Å²) in [6.07, 6.45) is 0. The van der Waals surface area contributed by atoms with Crippen molar-refractivity contribution >= 4 is 28.3 Å². The van der Waals surface area contributed by atoms with Crippen LogP contribution in [-0.4, -0.2) is 11.8 Å². The topological polar surface area (TPSA) is 46.2 Å². The van der Waals surface area contributed by atoms with Crippen molar-refractivity contribution in [3.63, 3.8) is 0 Å². The molecule has 0 aliphatic carbocycles. The SMILES string of the molecule is Cl.N[C@@H](CF)c1ccc(F)c(Br)c1O. The molecule has 0 saturated heterocycles. The molecule has 6 heteroatoms. The summed E-state index contributed by atoms with van der Waals surface area (Å²) in [5, 5.41) is 9.35. The highest BCUT2D eigenvalue weighted by molar-refractivity contribution is 9.10. The first kappa shape index (κ1) is 13.6. The minimum Gasteiger partial charge on any atom is -0.506 e. The lowest BCUT2D eigenvalue weighted by Gasteiger charge is -2.10. The number of halogens is 4. The van der Waals surface area contributed by atoms with Crippen LogP contribution in [0.15, 0.2) is 16.6 Å². The second-order valence-electron chi connectivity index (χ2n) is 2.56. The van der Waals surface area contributed by atoms with Crippen molar-refractivity contribution in [2.24, 2.45) is 5.73 Å². The van der Waals surface area contributed by atoms with Crippen LogP contribution in [0.2, 0.25) is 0 Å². The zero-order valence-corrected chi connectivity index (χ0v) is 9.41. The summed E-state index contributed by atoms with van der Waals surface area (Å²) < 4.78 is 24.8. The lowest BCUT2D eigenvalue weighted by atomic mass is 10.1. The number of aromatic hydroxyl groups is 1. The molecule has 0 spiro atoms. The number of hydrogen-bond donors (Lipinski definition) is 2. The van der Waals surface area contributed by atoms with Crippen molar-refractivity contribution in [1.82, 2.24) is 0 Å². The smallest absolute Gasteiger partial charge is 0.141 e. The lowest BCUT2D eigenvalue weighted by molar-refractivity contribution is 0.410. The number of alkyl halides is 1. The quantitative estimate of drug-likeness (QED) is 0.879. The molecule has 0 radical (unpaired) electrons. The van der Waals surface area contributed by atoms with E-state index in [0.717, 1.165) is 6.07 Å². The van der Waals surface area contributed by atoms with E-state index in [-0.39, 0.29) is 28.2 Å². The van der Waals surface area contributed by atoms with Crippen LogP contribution in [0.5, 0.6) is 5.75 Å². The minimum atomic E-state index is -0.920. The molecule has 0 heterocycles. The fourth-order valence-electron chi connectivity index (χ4n) is 0.937. The Labute approximate surface area is 94.6 Å². The lowest BCUT2D eigenvalue weighted by Crippen LogP contribution is -2.12. The Morgan fingerprint density at radius 1 is 1.50 bits per heavy atom. The molecule has 1 aromatic carbocycles. The van der Waals surface area contributed by atoms with E-state index in [2.05, 4.69) is 15.9 Å². The molecule has 0 aromatic heterocycles. The molecule has 1 aromatic rings. The first-order chi connectivity index (χ1) is 6.07. The molecule has 0 aliphatic heterocycles. The second kappa shape index (κ2) is 5.48. The van der Waals surface area contributed by atoms with Crippen LogP contribution in [0.25, 0.3) is 0 Å². The predicted molar refractivity (Wildman–Crippen MR) is 55.9 cm³/mol. The third kappa shape index (κ3) is 2.56. The summed E-state index contributed by atoms with van der Waals surface area (Å²) in [6, 6.07) is 1.46. The van der Waals surface area contributed by atoms with Gasteiger partial charge in [-0.2, -0.15) is 0 Å². The standard InChI is InChI=1S/C8H8BrF2NO.ClH/c9-7-5(11)2-1-4(8(7)13)6(12)3-10;/h1-2,6,13H,3,12H2;1H/t6-;/m0./s1. The maximum atomic E-state index is 12.8. The first-order valence-corrected chi connectivity index (χ1v) is 4.35. The Kier molecular flexibility index (Phi) is 5.33. The summed E-state index contributed by atoms with van der Waals surface area (Å²) in [6.45, 7) is -0.800. The van der Waals surface area contributed by atoms with Gasteiger partial charge in [-0.15, -0.1) is 12.4 Å². The molecule has 1 atom stereocenters. The number of phenolic OH excluding ortho intramolecular Hbond substituents is 1. The average Bonchev–Trinajstić information content (AvgIpc) is 2.13. The molecule has 3 N–H and O–H groups in total. The van der Waals surface area contributed by atoms with Gasteiger partial charge < -0.3 is 10.8 Å². The Bertz CT molecular complexity index is 324. The third-order valence-electron chi connectivity index (χ3n) is 1.67. The van der Waals surface area contributed by atoms with E-state index >= 15 is 0 Å². The van der Waals surface area contributed by atoms with E-state index in [1.807, 2.05) is 0 Å². The van der Waals surface area contributed by atoms with Gasteiger partial charge in [0.05, 0.1) is 10.5 Å². The van der Waals surface area contributed by atoms with Gasteiger partial charge in [-0.1, -0.05) is 6.07 Å². The molecule has 14 heavy (non-hydrogen) atoms. The highest BCUT2D eigenvalue weighted by Gasteiger charge is 2.15. The van der Waals surface area contributed by atoms with E-state index in [9.17, 15) is 13.9 Å². The molecule has 80 valence electrons. The van der Waals surface area contributed by atoms with E-state index < -0.39 is 18.5 Å². The van der Waals surface area contributed by atoms with Crippen molar-refractivity contribution in [3.05, 3.63) is 28.0 Å². The molecule has 0 unspecified atom stereocenters. The molecule has 0 saturated carbocycles. The van der Waals surface area contributed by atoms with E-state index in [1.54, 1.807) is 0 Å². The Hall–Kier alpha value is -0.390. The van der Waals surface area contributed by atoms with Crippen LogP contribution < -0.4 is 5.73 Å². The highest BCUT2D eigenvalue weighted by Crippen LogP contribution is 2.33. The molecule has 0 amide bonds. The van der Waals surface area contributed by atoms with Crippen molar-refractivity contribution < 1.29 is 13.9 Å². The van der Waals surface area contributed by atoms with Gasteiger partial charge in [0, 0.05) is 5.56 Å². The average molecular weight is 289 g/mol. The third-order valence-corrected chi connectivity index (χ3v) is 2.42. The molecule has 1 rings (SSSR count). The fraction of sp³-hybridized carbons (Fsp3) is 0.250. The number of rotatable bonds is 2. The van der Waals surface area contributed by atoms with Gasteiger partial charge in [-0.25, -0.2) is 8.78 Å². The predicted octanol–water partition coefficient (Wildman–Crippen LogP) is 2.68. The van der Waals surface area contributed by atoms with Gasteiger partial charge in [0.2, 0.25) is 0 Å². The molecular weight excluding hydrogens is 279 g/mol. The fourth-order valence-corrected chi connectivity index (χ4v) is 1.30. The number of nitrogens with two attached hydrogens (primary N) is 1. The highest BCUT2D eigenvalue weighted by atomic mass is 79.9. The zero-order chi connectivity index (χ0) is 10.0. The van der Waals surface area contributed by atoms with Gasteiger partial charge in [0.25, 0.3) is 0 Å². The number of benzene rings is 1. The zero-order valence-electron chi connectivity index (χ0n) is 7.01. The van der Waals surface area contributed by atoms with Gasteiger partial charge in [-0.05, 0) is 22.0 Å². The van der Waals surface area contributed by atoms with Crippen LogP contribution in [-0.2, 0) is 0 Å². The van der Waals surface area contributed by atoms with Gasteiger partial charge in [-0.3, -0.25) is 0 Å². The molecule has 0 aliphatic rings. The summed E-state index contributed by atoms with van der Waals surface area (Å²) in [7, 11) is 0. The van der Waals surface area contributed by atoms with Crippen molar-refractivity contribution in [1.29, 1.82) is 0 Å². The summed E-state index contributed by atoms with van der Waals surface area (Å²) >= 11 is 2.82. The van der Waals surface area contributed by atoms with Gasteiger partial charge in [0.1, 0.15) is 18.2 Å².